The monoisotopic (exact) mass is 328 g/mol. The van der Waals surface area contributed by atoms with Crippen LogP contribution in [0.3, 0.4) is 0 Å². The van der Waals surface area contributed by atoms with Crippen molar-refractivity contribution in [3.05, 3.63) is 71.0 Å². The molecule has 0 radical (unpaired) electrons. The summed E-state index contributed by atoms with van der Waals surface area (Å²) in [7, 11) is 1.85. The highest BCUT2D eigenvalue weighted by molar-refractivity contribution is 6.00. The molecule has 2 N–H and O–H groups in total. The van der Waals surface area contributed by atoms with Crippen molar-refractivity contribution in [2.75, 3.05) is 7.05 Å². The minimum Gasteiger partial charge on any atom is -0.326 e. The van der Waals surface area contributed by atoms with Gasteiger partial charge in [-0.1, -0.05) is 43.7 Å². The highest BCUT2D eigenvalue weighted by Crippen LogP contribution is 2.09. The van der Waals surface area contributed by atoms with Crippen molar-refractivity contribution in [2.45, 2.75) is 33.2 Å². The summed E-state index contributed by atoms with van der Waals surface area (Å²) >= 11 is 0. The van der Waals surface area contributed by atoms with Crippen LogP contribution >= 0.6 is 0 Å². The minimum atomic E-state index is -0.368. The average Bonchev–Trinajstić information content (AvgIpc) is 2.60. The van der Waals surface area contributed by atoms with Crippen LogP contribution in [0.5, 0.6) is 0 Å². The Balaban J connectivity index is 0.000000254. The molecule has 0 spiro atoms. The van der Waals surface area contributed by atoms with E-state index in [4.69, 9.17) is 5.73 Å². The quantitative estimate of drug-likeness (QED) is 0.653. The van der Waals surface area contributed by atoms with Gasteiger partial charge in [-0.3, -0.25) is 9.79 Å². The van der Waals surface area contributed by atoms with Gasteiger partial charge in [0.2, 0.25) is 0 Å². The molecule has 0 bridgehead atoms. The van der Waals surface area contributed by atoms with Crippen LogP contribution in [0, 0.1) is 5.82 Å². The molecule has 2 aromatic carbocycles. The molecule has 0 fully saturated rings. The second-order valence-electron chi connectivity index (χ2n) is 5.39. The molecule has 0 saturated carbocycles. The van der Waals surface area contributed by atoms with Crippen molar-refractivity contribution >= 4 is 11.5 Å². The Kier molecular flexibility index (Phi) is 8.58. The Hall–Kier alpha value is -2.33. The Morgan fingerprint density at radius 3 is 2.29 bits per heavy atom. The fraction of sp³-hybridized carbons (Fsp3) is 0.300. The maximum atomic E-state index is 12.4. The maximum Gasteiger partial charge on any atom is 0.159 e. The van der Waals surface area contributed by atoms with Gasteiger partial charge in [0.15, 0.2) is 5.78 Å². The Bertz CT molecular complexity index is 696. The van der Waals surface area contributed by atoms with Crippen molar-refractivity contribution < 1.29 is 9.18 Å². The molecule has 0 amide bonds. The number of carbonyl (C=O) groups is 1. The number of benzene rings is 2. The standard InChI is InChI=1S/C12H18N2.C8H7FO/c1-3-5-12(14-2)11-7-4-6-10(8-11)9-13;1-6(10)7-3-2-4-8(9)5-7/h4,6-8H,3,5,9,13H2,1-2H3;2-5H,1H3. The number of ketones is 1. The van der Waals surface area contributed by atoms with E-state index in [0.29, 0.717) is 12.1 Å². The Morgan fingerprint density at radius 1 is 1.12 bits per heavy atom. The van der Waals surface area contributed by atoms with Crippen molar-refractivity contribution in [1.82, 2.24) is 0 Å². The summed E-state index contributed by atoms with van der Waals surface area (Å²) in [6.07, 6.45) is 2.16. The van der Waals surface area contributed by atoms with E-state index in [1.165, 1.54) is 42.0 Å². The van der Waals surface area contributed by atoms with Crippen LogP contribution in [0.1, 0.15) is 48.2 Å². The lowest BCUT2D eigenvalue weighted by molar-refractivity contribution is 0.101. The molecule has 0 aliphatic heterocycles. The third-order valence-electron chi connectivity index (χ3n) is 3.48. The number of nitrogens with two attached hydrogens (primary N) is 1. The normalized spacial score (nSPS) is 10.8. The molecule has 0 heterocycles. The van der Waals surface area contributed by atoms with Crippen LogP contribution in [-0.4, -0.2) is 18.5 Å². The summed E-state index contributed by atoms with van der Waals surface area (Å²) in [6, 6.07) is 13.9. The van der Waals surface area contributed by atoms with Gasteiger partial charge in [0, 0.05) is 24.9 Å². The number of aliphatic imine (C=N–C) groups is 1. The van der Waals surface area contributed by atoms with Gasteiger partial charge in [0.05, 0.1) is 0 Å². The van der Waals surface area contributed by atoms with Gasteiger partial charge in [0.25, 0.3) is 0 Å². The van der Waals surface area contributed by atoms with E-state index in [2.05, 4.69) is 24.0 Å². The van der Waals surface area contributed by atoms with Crippen LogP contribution in [0.15, 0.2) is 53.5 Å². The number of nitrogens with zero attached hydrogens (tertiary/aromatic N) is 1. The summed E-state index contributed by atoms with van der Waals surface area (Å²) in [5.41, 5.74) is 9.55. The number of Topliss-reactive ketones (excluding diaryl/α,β-unsaturated/α-hetero) is 1. The molecule has 0 aliphatic carbocycles. The summed E-state index contributed by atoms with van der Waals surface area (Å²) in [4.78, 5) is 14.9. The minimum absolute atomic E-state index is 0.112. The first-order valence-electron chi connectivity index (χ1n) is 8.03. The van der Waals surface area contributed by atoms with E-state index >= 15 is 0 Å². The van der Waals surface area contributed by atoms with Gasteiger partial charge in [-0.25, -0.2) is 4.39 Å². The van der Waals surface area contributed by atoms with E-state index in [1.54, 1.807) is 6.07 Å². The van der Waals surface area contributed by atoms with Gasteiger partial charge in [-0.2, -0.15) is 0 Å². The topological polar surface area (TPSA) is 55.5 Å². The van der Waals surface area contributed by atoms with E-state index in [1.807, 2.05) is 19.2 Å². The smallest absolute Gasteiger partial charge is 0.159 e. The third-order valence-corrected chi connectivity index (χ3v) is 3.48. The second kappa shape index (κ2) is 10.4. The van der Waals surface area contributed by atoms with Gasteiger partial charge < -0.3 is 5.73 Å². The predicted molar refractivity (Wildman–Crippen MR) is 98.1 cm³/mol. The lowest BCUT2D eigenvalue weighted by Gasteiger charge is -2.05. The largest absolute Gasteiger partial charge is 0.326 e. The second-order valence-corrected chi connectivity index (χ2v) is 5.39. The van der Waals surface area contributed by atoms with Crippen molar-refractivity contribution in [2.24, 2.45) is 10.7 Å². The third kappa shape index (κ3) is 6.42. The summed E-state index contributed by atoms with van der Waals surface area (Å²) in [5, 5.41) is 0. The van der Waals surface area contributed by atoms with Crippen molar-refractivity contribution in [1.29, 1.82) is 0 Å². The molecule has 128 valence electrons. The molecular formula is C20H25FN2O. The van der Waals surface area contributed by atoms with Gasteiger partial charge in [-0.15, -0.1) is 0 Å². The fourth-order valence-electron chi connectivity index (χ4n) is 2.21. The van der Waals surface area contributed by atoms with Crippen molar-refractivity contribution in [3.63, 3.8) is 0 Å². The molecule has 0 unspecified atom stereocenters. The number of carbonyl (C=O) groups excluding carboxylic acids is 1. The summed E-state index contributed by atoms with van der Waals surface area (Å²) in [6.45, 7) is 4.17. The molecule has 0 atom stereocenters. The molecule has 2 rings (SSSR count). The number of halogens is 1. The Labute approximate surface area is 143 Å². The zero-order valence-corrected chi connectivity index (χ0v) is 14.6. The van der Waals surface area contributed by atoms with Crippen LogP contribution in [0.25, 0.3) is 0 Å². The van der Waals surface area contributed by atoms with E-state index in [0.717, 1.165) is 12.8 Å². The molecule has 2 aromatic rings. The fourth-order valence-corrected chi connectivity index (χ4v) is 2.21. The van der Waals surface area contributed by atoms with Gasteiger partial charge in [-0.05, 0) is 42.7 Å². The van der Waals surface area contributed by atoms with Crippen LogP contribution in [0.2, 0.25) is 0 Å². The SMILES string of the molecule is CC(=O)c1cccc(F)c1.CCCC(=NC)c1cccc(CN)c1. The van der Waals surface area contributed by atoms with E-state index < -0.39 is 0 Å². The predicted octanol–water partition coefficient (Wildman–Crippen LogP) is 4.39. The number of hydrogen-bond donors (Lipinski definition) is 1. The van der Waals surface area contributed by atoms with E-state index in [9.17, 15) is 9.18 Å². The lowest BCUT2D eigenvalue weighted by Crippen LogP contribution is -2.03. The molecule has 0 aliphatic rings. The molecular weight excluding hydrogens is 303 g/mol. The first-order valence-corrected chi connectivity index (χ1v) is 8.03. The maximum absolute atomic E-state index is 12.4. The first-order chi connectivity index (χ1) is 11.5. The van der Waals surface area contributed by atoms with E-state index in [-0.39, 0.29) is 11.6 Å². The van der Waals surface area contributed by atoms with Gasteiger partial charge >= 0.3 is 0 Å². The van der Waals surface area contributed by atoms with Gasteiger partial charge in [0.1, 0.15) is 5.82 Å². The molecule has 24 heavy (non-hydrogen) atoms. The zero-order chi connectivity index (χ0) is 17.9. The number of hydrogen-bond acceptors (Lipinski definition) is 3. The summed E-state index contributed by atoms with van der Waals surface area (Å²) in [5.74, 6) is -0.479. The zero-order valence-electron chi connectivity index (χ0n) is 14.6. The van der Waals surface area contributed by atoms with Crippen LogP contribution in [-0.2, 0) is 6.54 Å². The highest BCUT2D eigenvalue weighted by Gasteiger charge is 2.01. The Morgan fingerprint density at radius 2 is 1.79 bits per heavy atom. The molecule has 0 saturated heterocycles. The van der Waals surface area contributed by atoms with Crippen LogP contribution in [0.4, 0.5) is 4.39 Å². The summed E-state index contributed by atoms with van der Waals surface area (Å²) < 4.78 is 12.4. The van der Waals surface area contributed by atoms with Crippen LogP contribution < -0.4 is 5.73 Å². The molecule has 0 aromatic heterocycles. The highest BCUT2D eigenvalue weighted by atomic mass is 19.1. The molecule has 3 nitrogen and oxygen atoms in total. The lowest BCUT2D eigenvalue weighted by atomic mass is 10.0. The first kappa shape index (κ1) is 19.7. The number of rotatable bonds is 5. The molecule has 4 heteroatoms. The van der Waals surface area contributed by atoms with Crippen molar-refractivity contribution in [3.8, 4) is 0 Å². The average molecular weight is 328 g/mol.